The fourth-order valence-electron chi connectivity index (χ4n) is 3.63. The quantitative estimate of drug-likeness (QED) is 0.561. The number of aromatic nitrogens is 4. The fourth-order valence-corrected chi connectivity index (χ4v) is 3.63. The van der Waals surface area contributed by atoms with Crippen molar-refractivity contribution in [1.29, 1.82) is 0 Å². The summed E-state index contributed by atoms with van der Waals surface area (Å²) in [5.41, 5.74) is 1.93. The van der Waals surface area contributed by atoms with E-state index in [-0.39, 0.29) is 11.7 Å². The number of amides is 1. The molecule has 1 amide bonds. The predicted octanol–water partition coefficient (Wildman–Crippen LogP) is 3.16. The lowest BCUT2D eigenvalue weighted by Gasteiger charge is -2.16. The van der Waals surface area contributed by atoms with Crippen LogP contribution in [-0.2, 0) is 4.79 Å². The van der Waals surface area contributed by atoms with Gasteiger partial charge in [-0.05, 0) is 43.5 Å². The molecule has 29 heavy (non-hydrogen) atoms. The molecule has 1 atom stereocenters. The van der Waals surface area contributed by atoms with E-state index in [1.54, 1.807) is 16.6 Å². The summed E-state index contributed by atoms with van der Waals surface area (Å²) in [6, 6.07) is 13.4. The maximum atomic E-state index is 13.7. The Balaban J connectivity index is 1.66. The van der Waals surface area contributed by atoms with Gasteiger partial charge in [-0.25, -0.2) is 14.4 Å². The Labute approximate surface area is 166 Å². The van der Waals surface area contributed by atoms with Crippen molar-refractivity contribution in [3.63, 3.8) is 0 Å². The summed E-state index contributed by atoms with van der Waals surface area (Å²) in [6.07, 6.45) is 2.61. The van der Waals surface area contributed by atoms with Crippen LogP contribution in [0.15, 0.2) is 48.5 Å². The number of nitrogens with zero attached hydrogens (tertiary/aromatic N) is 4. The Morgan fingerprint density at radius 2 is 2.00 bits per heavy atom. The van der Waals surface area contributed by atoms with Crippen LogP contribution >= 0.6 is 0 Å². The molecule has 2 aromatic heterocycles. The van der Waals surface area contributed by atoms with Crippen molar-refractivity contribution in [2.45, 2.75) is 25.3 Å². The molecule has 1 fully saturated rings. The van der Waals surface area contributed by atoms with E-state index in [0.717, 1.165) is 23.7 Å². The van der Waals surface area contributed by atoms with Gasteiger partial charge in [-0.2, -0.15) is 4.52 Å². The van der Waals surface area contributed by atoms with E-state index in [1.807, 2.05) is 24.3 Å². The predicted molar refractivity (Wildman–Crippen MR) is 108 cm³/mol. The second kappa shape index (κ2) is 7.12. The van der Waals surface area contributed by atoms with E-state index in [1.165, 1.54) is 12.1 Å². The van der Waals surface area contributed by atoms with Gasteiger partial charge in [-0.15, -0.1) is 5.10 Å². The summed E-state index contributed by atoms with van der Waals surface area (Å²) >= 11 is 0. The molecule has 1 aliphatic heterocycles. The Bertz CT molecular complexity index is 1220. The highest BCUT2D eigenvalue weighted by molar-refractivity contribution is 5.93. The molecule has 0 aliphatic carbocycles. The number of carbonyl (C=O) groups excluding carboxylic acids is 1. The maximum absolute atomic E-state index is 13.7. The van der Waals surface area contributed by atoms with Crippen molar-refractivity contribution in [3.8, 4) is 11.4 Å². The van der Waals surface area contributed by atoms with Crippen molar-refractivity contribution in [2.75, 3.05) is 11.9 Å². The summed E-state index contributed by atoms with van der Waals surface area (Å²) in [5.74, 6) is 0.445. The summed E-state index contributed by atoms with van der Waals surface area (Å²) in [7, 11) is 0. The van der Waals surface area contributed by atoms with Crippen LogP contribution in [0.4, 0.5) is 10.3 Å². The Morgan fingerprint density at radius 1 is 1.10 bits per heavy atom. The van der Waals surface area contributed by atoms with Crippen molar-refractivity contribution < 1.29 is 9.18 Å². The largest absolute Gasteiger partial charge is 0.354 e. The third-order valence-corrected chi connectivity index (χ3v) is 5.10. The van der Waals surface area contributed by atoms with Crippen LogP contribution in [0.3, 0.4) is 0 Å². The number of nitrogens with one attached hydrogen (secondary N) is 2. The monoisotopic (exact) mass is 390 g/mol. The molecule has 146 valence electrons. The second-order valence-corrected chi connectivity index (χ2v) is 7.12. The second-order valence-electron chi connectivity index (χ2n) is 7.12. The Hall–Kier alpha value is -3.55. The minimum absolute atomic E-state index is 0.0453. The molecule has 0 spiro atoms. The molecule has 3 heterocycles. The van der Waals surface area contributed by atoms with E-state index in [0.29, 0.717) is 35.9 Å². The van der Waals surface area contributed by atoms with Crippen LogP contribution in [0.1, 0.15) is 19.3 Å². The smallest absolute Gasteiger partial charge is 0.242 e. The molecule has 0 saturated carbocycles. The molecule has 0 radical (unpaired) electrons. The van der Waals surface area contributed by atoms with E-state index in [4.69, 9.17) is 0 Å². The lowest BCUT2D eigenvalue weighted by Crippen LogP contribution is -2.38. The number of rotatable bonds is 3. The van der Waals surface area contributed by atoms with Gasteiger partial charge in [0.25, 0.3) is 0 Å². The molecule has 0 unspecified atom stereocenters. The molecular weight excluding hydrogens is 371 g/mol. The van der Waals surface area contributed by atoms with Crippen molar-refractivity contribution in [1.82, 2.24) is 24.9 Å². The van der Waals surface area contributed by atoms with E-state index in [2.05, 4.69) is 25.7 Å². The Morgan fingerprint density at radius 3 is 2.90 bits per heavy atom. The van der Waals surface area contributed by atoms with E-state index < -0.39 is 6.04 Å². The zero-order valence-corrected chi connectivity index (χ0v) is 15.6. The number of fused-ring (bicyclic) bond motifs is 3. The van der Waals surface area contributed by atoms with Crippen molar-refractivity contribution >= 4 is 28.4 Å². The Kier molecular flexibility index (Phi) is 4.31. The van der Waals surface area contributed by atoms with Gasteiger partial charge in [0.15, 0.2) is 11.5 Å². The standard InChI is InChI=1S/C21H19FN6O/c22-14-7-5-6-13(12-14)18-26-19-15-8-1-2-9-16(15)24-21(28(19)27-18)25-17-10-3-4-11-23-20(17)29/h1-2,5-9,12,17H,3-4,10-11H2,(H,23,29)(H,24,25)/t17-/m1/s1. The van der Waals surface area contributed by atoms with Gasteiger partial charge in [0.2, 0.25) is 11.9 Å². The highest BCUT2D eigenvalue weighted by atomic mass is 19.1. The number of para-hydroxylation sites is 1. The van der Waals surface area contributed by atoms with Gasteiger partial charge >= 0.3 is 0 Å². The number of halogens is 1. The van der Waals surface area contributed by atoms with Gasteiger partial charge in [0, 0.05) is 17.5 Å². The average Bonchev–Trinajstić information content (AvgIpc) is 3.09. The molecule has 8 heteroatoms. The van der Waals surface area contributed by atoms with Crippen LogP contribution in [0.5, 0.6) is 0 Å². The first-order chi connectivity index (χ1) is 14.2. The van der Waals surface area contributed by atoms with Crippen LogP contribution in [-0.4, -0.2) is 38.1 Å². The zero-order valence-electron chi connectivity index (χ0n) is 15.6. The lowest BCUT2D eigenvalue weighted by atomic mass is 10.1. The number of benzene rings is 2. The number of hydrogen-bond donors (Lipinski definition) is 2. The zero-order chi connectivity index (χ0) is 19.8. The molecule has 0 bridgehead atoms. The number of carbonyl (C=O) groups is 1. The minimum Gasteiger partial charge on any atom is -0.354 e. The normalized spacial score (nSPS) is 17.3. The van der Waals surface area contributed by atoms with Crippen LogP contribution in [0.2, 0.25) is 0 Å². The topological polar surface area (TPSA) is 84.2 Å². The lowest BCUT2D eigenvalue weighted by molar-refractivity contribution is -0.121. The molecule has 1 aliphatic rings. The van der Waals surface area contributed by atoms with Crippen LogP contribution in [0, 0.1) is 5.82 Å². The molecular formula is C21H19FN6O. The molecule has 5 rings (SSSR count). The molecule has 1 saturated heterocycles. The van der Waals surface area contributed by atoms with Gasteiger partial charge in [-0.3, -0.25) is 4.79 Å². The van der Waals surface area contributed by atoms with Gasteiger partial charge < -0.3 is 10.6 Å². The first kappa shape index (κ1) is 17.5. The number of hydrogen-bond acceptors (Lipinski definition) is 5. The highest BCUT2D eigenvalue weighted by Crippen LogP contribution is 2.25. The third-order valence-electron chi connectivity index (χ3n) is 5.10. The average molecular weight is 390 g/mol. The fraction of sp³-hybridized carbons (Fsp3) is 0.238. The van der Waals surface area contributed by atoms with E-state index in [9.17, 15) is 9.18 Å². The first-order valence-corrected chi connectivity index (χ1v) is 9.65. The molecule has 7 nitrogen and oxygen atoms in total. The van der Waals surface area contributed by atoms with Gasteiger partial charge in [0.05, 0.1) is 5.52 Å². The summed E-state index contributed by atoms with van der Waals surface area (Å²) in [5, 5.41) is 11.6. The van der Waals surface area contributed by atoms with Crippen molar-refractivity contribution in [2.24, 2.45) is 0 Å². The summed E-state index contributed by atoms with van der Waals surface area (Å²) < 4.78 is 15.3. The van der Waals surface area contributed by atoms with Crippen LogP contribution < -0.4 is 10.6 Å². The molecule has 2 N–H and O–H groups in total. The van der Waals surface area contributed by atoms with Crippen molar-refractivity contribution in [3.05, 3.63) is 54.3 Å². The summed E-state index contributed by atoms with van der Waals surface area (Å²) in [4.78, 5) is 21.7. The highest BCUT2D eigenvalue weighted by Gasteiger charge is 2.23. The first-order valence-electron chi connectivity index (χ1n) is 9.65. The number of anilines is 1. The third kappa shape index (κ3) is 3.26. The SMILES string of the molecule is O=C1NCCCC[C@H]1Nc1nc2ccccc2c2nc(-c3cccc(F)c3)nn12. The van der Waals surface area contributed by atoms with Gasteiger partial charge in [0.1, 0.15) is 11.9 Å². The van der Waals surface area contributed by atoms with Crippen LogP contribution in [0.25, 0.3) is 27.9 Å². The summed E-state index contributed by atoms with van der Waals surface area (Å²) in [6.45, 7) is 0.685. The van der Waals surface area contributed by atoms with Gasteiger partial charge in [-0.1, -0.05) is 24.3 Å². The van der Waals surface area contributed by atoms with E-state index >= 15 is 0 Å². The minimum atomic E-state index is -0.392. The molecule has 2 aromatic carbocycles. The maximum Gasteiger partial charge on any atom is 0.242 e. The molecule has 4 aromatic rings.